The third kappa shape index (κ3) is 7.12. The number of carboxylic acid groups (broad SMARTS) is 2. The molecule has 0 aromatic carbocycles. The highest BCUT2D eigenvalue weighted by molar-refractivity contribution is 5.77. The van der Waals surface area contributed by atoms with E-state index in [4.69, 9.17) is 0 Å². The first kappa shape index (κ1) is 18.4. The average molecular weight is 280 g/mol. The van der Waals surface area contributed by atoms with Crippen LogP contribution in [-0.2, 0) is 9.59 Å². The predicted molar refractivity (Wildman–Crippen MR) is 74.4 cm³/mol. The molecule has 0 saturated heterocycles. The number of hydrogen-bond acceptors (Lipinski definition) is 4. The maximum Gasteiger partial charge on any atom is 0.0552 e. The molecule has 0 N–H and O–H groups in total. The Kier molecular flexibility index (Phi) is 9.43. The van der Waals surface area contributed by atoms with Crippen molar-refractivity contribution in [1.82, 2.24) is 0 Å². The Morgan fingerprint density at radius 2 is 1.30 bits per heavy atom. The second-order valence-electron chi connectivity index (χ2n) is 5.08. The van der Waals surface area contributed by atoms with Crippen molar-refractivity contribution in [2.45, 2.75) is 57.8 Å². The molecule has 0 rings (SSSR count). The number of carbonyl (C=O) groups excluding carboxylic acids is 2. The van der Waals surface area contributed by atoms with E-state index in [-0.39, 0.29) is 6.42 Å². The molecule has 0 aromatic heterocycles. The van der Waals surface area contributed by atoms with Gasteiger partial charge < -0.3 is 19.8 Å². The Bertz CT molecular complexity index is 325. The molecule has 20 heavy (non-hydrogen) atoms. The summed E-state index contributed by atoms with van der Waals surface area (Å²) < 4.78 is 0. The fourth-order valence-corrected chi connectivity index (χ4v) is 2.13. The molecular formula is C16H24O4-2. The summed E-state index contributed by atoms with van der Waals surface area (Å²) >= 11 is 0. The van der Waals surface area contributed by atoms with Crippen LogP contribution >= 0.6 is 0 Å². The number of rotatable bonds is 13. The van der Waals surface area contributed by atoms with Crippen LogP contribution in [0.25, 0.3) is 0 Å². The Balaban J connectivity index is 3.65. The lowest BCUT2D eigenvalue weighted by molar-refractivity contribution is -0.314. The van der Waals surface area contributed by atoms with E-state index in [1.165, 1.54) is 12.2 Å². The van der Waals surface area contributed by atoms with Crippen LogP contribution in [-0.4, -0.2) is 11.9 Å². The maximum absolute atomic E-state index is 11.1. The van der Waals surface area contributed by atoms with Gasteiger partial charge in [0.1, 0.15) is 0 Å². The number of unbranched alkanes of at least 4 members (excludes halogenated alkanes) is 6. The molecule has 114 valence electrons. The van der Waals surface area contributed by atoms with E-state index in [1.54, 1.807) is 0 Å². The molecule has 0 saturated carbocycles. The first-order chi connectivity index (χ1) is 9.48. The van der Waals surface area contributed by atoms with Crippen molar-refractivity contribution in [3.05, 3.63) is 25.3 Å². The van der Waals surface area contributed by atoms with Gasteiger partial charge in [0.15, 0.2) is 0 Å². The summed E-state index contributed by atoms with van der Waals surface area (Å²) in [4.78, 5) is 21.3. The number of hydrogen-bond donors (Lipinski definition) is 0. The molecule has 0 aliphatic rings. The zero-order chi connectivity index (χ0) is 15.4. The summed E-state index contributed by atoms with van der Waals surface area (Å²) in [6.45, 7) is 7.09. The van der Waals surface area contributed by atoms with Crippen molar-refractivity contribution in [3.63, 3.8) is 0 Å². The smallest absolute Gasteiger partial charge is 0.0552 e. The number of aliphatic carboxylic acids is 2. The van der Waals surface area contributed by atoms with E-state index in [9.17, 15) is 19.8 Å². The van der Waals surface area contributed by atoms with Crippen molar-refractivity contribution in [2.24, 2.45) is 5.41 Å². The monoisotopic (exact) mass is 280 g/mol. The van der Waals surface area contributed by atoms with Crippen molar-refractivity contribution in [3.8, 4) is 0 Å². The van der Waals surface area contributed by atoms with E-state index >= 15 is 0 Å². The fourth-order valence-electron chi connectivity index (χ4n) is 2.13. The van der Waals surface area contributed by atoms with Gasteiger partial charge in [-0.3, -0.25) is 0 Å². The van der Waals surface area contributed by atoms with Crippen LogP contribution in [0.3, 0.4) is 0 Å². The summed E-state index contributed by atoms with van der Waals surface area (Å²) in [5, 5.41) is 21.3. The van der Waals surface area contributed by atoms with Gasteiger partial charge in [0.25, 0.3) is 0 Å². The number of carboxylic acids is 2. The molecule has 0 radical (unpaired) electrons. The zero-order valence-electron chi connectivity index (χ0n) is 12.1. The normalized spacial score (nSPS) is 11.0. The lowest BCUT2D eigenvalue weighted by Crippen LogP contribution is -2.39. The lowest BCUT2D eigenvalue weighted by atomic mass is 9.83. The molecule has 0 aliphatic heterocycles. The van der Waals surface area contributed by atoms with E-state index < -0.39 is 17.4 Å². The van der Waals surface area contributed by atoms with Gasteiger partial charge in [-0.25, -0.2) is 0 Å². The molecule has 0 aromatic rings. The van der Waals surface area contributed by atoms with Gasteiger partial charge in [0, 0.05) is 11.4 Å². The van der Waals surface area contributed by atoms with Crippen LogP contribution in [0.1, 0.15) is 57.8 Å². The zero-order valence-corrected chi connectivity index (χ0v) is 12.1. The minimum atomic E-state index is -1.15. The largest absolute Gasteiger partial charge is 0.550 e. The molecule has 0 atom stereocenters. The van der Waals surface area contributed by atoms with E-state index in [1.807, 2.05) is 0 Å². The SMILES string of the molecule is C=CC(C=C)(CCCCCCCCCC(=O)[O-])C(=O)[O-]. The third-order valence-corrected chi connectivity index (χ3v) is 3.58. The van der Waals surface area contributed by atoms with Gasteiger partial charge in [-0.05, 0) is 19.3 Å². The molecule has 0 amide bonds. The van der Waals surface area contributed by atoms with Gasteiger partial charge in [-0.2, -0.15) is 0 Å². The van der Waals surface area contributed by atoms with Crippen LogP contribution in [0.2, 0.25) is 0 Å². The highest BCUT2D eigenvalue weighted by Gasteiger charge is 2.23. The van der Waals surface area contributed by atoms with Crippen LogP contribution in [0.15, 0.2) is 25.3 Å². The van der Waals surface area contributed by atoms with Gasteiger partial charge in [0.05, 0.1) is 5.97 Å². The highest BCUT2D eigenvalue weighted by Crippen LogP contribution is 2.27. The highest BCUT2D eigenvalue weighted by atomic mass is 16.4. The van der Waals surface area contributed by atoms with E-state index in [0.29, 0.717) is 12.8 Å². The molecule has 0 unspecified atom stereocenters. The molecule has 0 bridgehead atoms. The second kappa shape index (κ2) is 10.2. The maximum atomic E-state index is 11.1. The Morgan fingerprint density at radius 3 is 1.70 bits per heavy atom. The summed E-state index contributed by atoms with van der Waals surface area (Å²) in [5.74, 6) is -2.14. The Labute approximate surface area is 121 Å². The van der Waals surface area contributed by atoms with E-state index in [0.717, 1.165) is 38.5 Å². The molecule has 0 aliphatic carbocycles. The van der Waals surface area contributed by atoms with Crippen LogP contribution < -0.4 is 10.2 Å². The Morgan fingerprint density at radius 1 is 0.850 bits per heavy atom. The molecule has 0 spiro atoms. The molecule has 0 heterocycles. The van der Waals surface area contributed by atoms with Gasteiger partial charge in [0.2, 0.25) is 0 Å². The van der Waals surface area contributed by atoms with Crippen LogP contribution in [0, 0.1) is 5.41 Å². The van der Waals surface area contributed by atoms with Gasteiger partial charge in [-0.15, -0.1) is 13.2 Å². The van der Waals surface area contributed by atoms with Crippen molar-refractivity contribution in [1.29, 1.82) is 0 Å². The van der Waals surface area contributed by atoms with Crippen molar-refractivity contribution >= 4 is 11.9 Å². The van der Waals surface area contributed by atoms with Gasteiger partial charge >= 0.3 is 0 Å². The molecule has 0 fully saturated rings. The molecule has 4 nitrogen and oxygen atoms in total. The number of carbonyl (C=O) groups is 2. The minimum absolute atomic E-state index is 0.132. The van der Waals surface area contributed by atoms with Crippen LogP contribution in [0.4, 0.5) is 0 Å². The van der Waals surface area contributed by atoms with E-state index in [2.05, 4.69) is 13.2 Å². The van der Waals surface area contributed by atoms with Gasteiger partial charge in [-0.1, -0.05) is 50.7 Å². The summed E-state index contributed by atoms with van der Waals surface area (Å²) in [7, 11) is 0. The minimum Gasteiger partial charge on any atom is -0.550 e. The quantitative estimate of drug-likeness (QED) is 0.377. The average Bonchev–Trinajstić information content (AvgIpc) is 2.41. The predicted octanol–water partition coefficient (Wildman–Crippen LogP) is 1.36. The lowest BCUT2D eigenvalue weighted by Gasteiger charge is -2.27. The third-order valence-electron chi connectivity index (χ3n) is 3.58. The summed E-state index contributed by atoms with van der Waals surface area (Å²) in [6, 6.07) is 0. The van der Waals surface area contributed by atoms with Crippen molar-refractivity contribution < 1.29 is 19.8 Å². The summed E-state index contributed by atoms with van der Waals surface area (Å²) in [6.07, 6.45) is 9.71. The molecular weight excluding hydrogens is 256 g/mol. The topological polar surface area (TPSA) is 80.3 Å². The summed E-state index contributed by atoms with van der Waals surface area (Å²) in [5.41, 5.74) is -1.12. The van der Waals surface area contributed by atoms with Crippen molar-refractivity contribution in [2.75, 3.05) is 0 Å². The second-order valence-corrected chi connectivity index (χ2v) is 5.08. The fraction of sp³-hybridized carbons (Fsp3) is 0.625. The Hall–Kier alpha value is -1.58. The van der Waals surface area contributed by atoms with Crippen LogP contribution in [0.5, 0.6) is 0 Å². The first-order valence-corrected chi connectivity index (χ1v) is 7.17. The first-order valence-electron chi connectivity index (χ1n) is 7.17. The standard InChI is InChI=1S/C16H26O4/c1-3-16(4-2,15(19)20)13-11-9-7-5-6-8-10-12-14(17)18/h3-4H,1-2,5-13H2,(H,17,18)(H,19,20)/p-2. The molecule has 4 heteroatoms.